The Morgan fingerprint density at radius 3 is 2.68 bits per heavy atom. The second-order valence-corrected chi connectivity index (χ2v) is 6.00. The van der Waals surface area contributed by atoms with Gasteiger partial charge in [-0.05, 0) is 24.8 Å². The van der Waals surface area contributed by atoms with Crippen LogP contribution in [0.4, 0.5) is 4.79 Å². The van der Waals surface area contributed by atoms with E-state index < -0.39 is 0 Å². The van der Waals surface area contributed by atoms with Crippen LogP contribution in [0.3, 0.4) is 0 Å². The molecule has 1 atom stereocenters. The summed E-state index contributed by atoms with van der Waals surface area (Å²) >= 11 is 0. The first kappa shape index (κ1) is 15.3. The molecule has 3 rings (SSSR count). The van der Waals surface area contributed by atoms with Crippen LogP contribution in [0.15, 0.2) is 30.3 Å². The number of hydrogen-bond donors (Lipinski definition) is 1. The zero-order valence-electron chi connectivity index (χ0n) is 13.0. The number of likely N-dealkylation sites (tertiary alicyclic amines) is 1. The number of amides is 1. The molecule has 2 fully saturated rings. The quantitative estimate of drug-likeness (QED) is 0.928. The van der Waals surface area contributed by atoms with Gasteiger partial charge in [-0.3, -0.25) is 9.80 Å². The molecule has 5 heteroatoms. The van der Waals surface area contributed by atoms with Crippen molar-refractivity contribution in [2.75, 3.05) is 32.7 Å². The molecule has 1 amide bonds. The minimum absolute atomic E-state index is 0.174. The van der Waals surface area contributed by atoms with Gasteiger partial charge in [0.05, 0.1) is 6.17 Å². The molecule has 0 bridgehead atoms. The van der Waals surface area contributed by atoms with Gasteiger partial charge in [0.15, 0.2) is 0 Å². The molecule has 1 aromatic rings. The van der Waals surface area contributed by atoms with Crippen LogP contribution in [-0.2, 0) is 11.3 Å². The van der Waals surface area contributed by atoms with Gasteiger partial charge in [0.25, 0.3) is 0 Å². The monoisotopic (exact) mass is 303 g/mol. The molecule has 2 aliphatic heterocycles. The molecule has 120 valence electrons. The number of nitrogens with zero attached hydrogens (tertiary/aromatic N) is 2. The van der Waals surface area contributed by atoms with E-state index in [4.69, 9.17) is 4.74 Å². The van der Waals surface area contributed by atoms with E-state index in [0.29, 0.717) is 6.61 Å². The number of carbonyl (C=O) groups excluding carboxylic acids is 1. The number of piperazine rings is 1. The van der Waals surface area contributed by atoms with E-state index in [1.54, 1.807) is 0 Å². The topological polar surface area (TPSA) is 44.8 Å². The van der Waals surface area contributed by atoms with Crippen molar-refractivity contribution in [3.05, 3.63) is 35.9 Å². The van der Waals surface area contributed by atoms with Crippen molar-refractivity contribution in [3.63, 3.8) is 0 Å². The molecule has 22 heavy (non-hydrogen) atoms. The van der Waals surface area contributed by atoms with Gasteiger partial charge in [0, 0.05) is 32.7 Å². The zero-order chi connectivity index (χ0) is 15.2. The van der Waals surface area contributed by atoms with Crippen molar-refractivity contribution in [1.29, 1.82) is 0 Å². The molecule has 1 unspecified atom stereocenters. The Morgan fingerprint density at radius 1 is 1.14 bits per heavy atom. The van der Waals surface area contributed by atoms with Crippen LogP contribution in [-0.4, -0.2) is 54.8 Å². The predicted molar refractivity (Wildman–Crippen MR) is 85.4 cm³/mol. The summed E-state index contributed by atoms with van der Waals surface area (Å²) in [5.74, 6) is 0. The van der Waals surface area contributed by atoms with Gasteiger partial charge >= 0.3 is 6.09 Å². The molecule has 0 saturated carbocycles. The van der Waals surface area contributed by atoms with E-state index in [0.717, 1.165) is 51.1 Å². The third-order valence-corrected chi connectivity index (χ3v) is 4.48. The zero-order valence-corrected chi connectivity index (χ0v) is 13.0. The number of nitrogens with one attached hydrogen (secondary N) is 1. The molecule has 0 aromatic heterocycles. The van der Waals surface area contributed by atoms with Crippen LogP contribution in [0.1, 0.15) is 24.8 Å². The molecular formula is C17H25N3O2. The first-order chi connectivity index (χ1) is 10.8. The summed E-state index contributed by atoms with van der Waals surface area (Å²) in [5, 5.41) is 3.37. The average molecular weight is 303 g/mol. The summed E-state index contributed by atoms with van der Waals surface area (Å²) in [4.78, 5) is 16.8. The fourth-order valence-electron chi connectivity index (χ4n) is 3.29. The van der Waals surface area contributed by atoms with E-state index in [1.807, 2.05) is 35.2 Å². The van der Waals surface area contributed by atoms with Gasteiger partial charge in [0.1, 0.15) is 6.61 Å². The summed E-state index contributed by atoms with van der Waals surface area (Å²) in [7, 11) is 0. The Hall–Kier alpha value is -1.59. The number of benzene rings is 1. The Labute approximate surface area is 132 Å². The van der Waals surface area contributed by atoms with Gasteiger partial charge in [-0.25, -0.2) is 4.79 Å². The highest BCUT2D eigenvalue weighted by molar-refractivity contribution is 5.68. The molecular weight excluding hydrogens is 278 g/mol. The summed E-state index contributed by atoms with van der Waals surface area (Å²) in [6, 6.07) is 9.87. The van der Waals surface area contributed by atoms with E-state index in [9.17, 15) is 4.79 Å². The highest BCUT2D eigenvalue weighted by atomic mass is 16.6. The minimum Gasteiger partial charge on any atom is -0.445 e. The molecule has 0 radical (unpaired) electrons. The minimum atomic E-state index is -0.174. The highest BCUT2D eigenvalue weighted by Gasteiger charge is 2.32. The largest absolute Gasteiger partial charge is 0.445 e. The van der Waals surface area contributed by atoms with Crippen LogP contribution in [0.2, 0.25) is 0 Å². The van der Waals surface area contributed by atoms with Crippen LogP contribution in [0.25, 0.3) is 0 Å². The number of rotatable bonds is 3. The Morgan fingerprint density at radius 2 is 1.91 bits per heavy atom. The first-order valence-corrected chi connectivity index (χ1v) is 8.27. The number of hydrogen-bond acceptors (Lipinski definition) is 4. The molecule has 2 aliphatic rings. The lowest BCUT2D eigenvalue weighted by Crippen LogP contribution is -2.58. The Kier molecular flexibility index (Phi) is 5.29. The van der Waals surface area contributed by atoms with Gasteiger partial charge in [-0.2, -0.15) is 0 Å². The molecule has 2 saturated heterocycles. The molecule has 1 N–H and O–H groups in total. The van der Waals surface area contributed by atoms with Gasteiger partial charge in [-0.15, -0.1) is 0 Å². The second kappa shape index (κ2) is 7.61. The molecule has 1 aromatic carbocycles. The normalized spacial score (nSPS) is 23.3. The van der Waals surface area contributed by atoms with Crippen molar-refractivity contribution >= 4 is 6.09 Å². The van der Waals surface area contributed by atoms with E-state index in [2.05, 4.69) is 10.2 Å². The average Bonchev–Trinajstić information content (AvgIpc) is 2.61. The number of ether oxygens (including phenoxy) is 1. The van der Waals surface area contributed by atoms with E-state index in [-0.39, 0.29) is 12.3 Å². The third-order valence-electron chi connectivity index (χ3n) is 4.48. The molecule has 0 aliphatic carbocycles. The Balaban J connectivity index is 1.58. The van der Waals surface area contributed by atoms with E-state index >= 15 is 0 Å². The lowest BCUT2D eigenvalue weighted by Gasteiger charge is -2.43. The summed E-state index contributed by atoms with van der Waals surface area (Å²) in [6.07, 6.45) is 3.35. The standard InChI is InChI=1S/C17H25N3O2/c21-17(22-14-15-6-2-1-3-7-15)20-11-5-4-8-16(20)19-12-9-18-10-13-19/h1-3,6-7,16,18H,4-5,8-14H2. The van der Waals surface area contributed by atoms with Crippen LogP contribution >= 0.6 is 0 Å². The summed E-state index contributed by atoms with van der Waals surface area (Å²) in [5.41, 5.74) is 1.03. The van der Waals surface area contributed by atoms with Gasteiger partial charge in [-0.1, -0.05) is 30.3 Å². The predicted octanol–water partition coefficient (Wildman–Crippen LogP) is 2.04. The number of carbonyl (C=O) groups is 1. The Bertz CT molecular complexity index is 474. The van der Waals surface area contributed by atoms with Crippen molar-refractivity contribution < 1.29 is 9.53 Å². The second-order valence-electron chi connectivity index (χ2n) is 6.00. The van der Waals surface area contributed by atoms with Crippen molar-refractivity contribution in [1.82, 2.24) is 15.1 Å². The SMILES string of the molecule is O=C(OCc1ccccc1)N1CCCCC1N1CCNCC1. The maximum atomic E-state index is 12.5. The number of piperidine rings is 1. The van der Waals surface area contributed by atoms with Crippen LogP contribution in [0.5, 0.6) is 0 Å². The van der Waals surface area contributed by atoms with Gasteiger partial charge in [0.2, 0.25) is 0 Å². The van der Waals surface area contributed by atoms with E-state index in [1.165, 1.54) is 6.42 Å². The summed E-state index contributed by atoms with van der Waals surface area (Å²) < 4.78 is 5.53. The smallest absolute Gasteiger partial charge is 0.411 e. The summed E-state index contributed by atoms with van der Waals surface area (Å²) in [6.45, 7) is 5.18. The molecule has 0 spiro atoms. The van der Waals surface area contributed by atoms with Crippen molar-refractivity contribution in [3.8, 4) is 0 Å². The maximum absolute atomic E-state index is 12.5. The first-order valence-electron chi connectivity index (χ1n) is 8.27. The molecule has 5 nitrogen and oxygen atoms in total. The fraction of sp³-hybridized carbons (Fsp3) is 0.588. The maximum Gasteiger partial charge on any atom is 0.411 e. The third kappa shape index (κ3) is 3.78. The van der Waals surface area contributed by atoms with Gasteiger partial charge < -0.3 is 10.1 Å². The highest BCUT2D eigenvalue weighted by Crippen LogP contribution is 2.22. The lowest BCUT2D eigenvalue weighted by molar-refractivity contribution is -0.000331. The van der Waals surface area contributed by atoms with Crippen LogP contribution < -0.4 is 5.32 Å². The van der Waals surface area contributed by atoms with Crippen molar-refractivity contribution in [2.24, 2.45) is 0 Å². The molecule has 2 heterocycles. The lowest BCUT2D eigenvalue weighted by atomic mass is 10.1. The fourth-order valence-corrected chi connectivity index (χ4v) is 3.29. The van der Waals surface area contributed by atoms with Crippen LogP contribution in [0, 0.1) is 0 Å². The van der Waals surface area contributed by atoms with Crippen molar-refractivity contribution in [2.45, 2.75) is 32.0 Å².